The second-order valence-corrected chi connectivity index (χ2v) is 13.3. The molecular weight excluding hydrogens is 638 g/mol. The first kappa shape index (κ1) is 29.6. The molecule has 2 N–H and O–H groups in total. The van der Waals surface area contributed by atoms with Gasteiger partial charge in [0.05, 0.1) is 30.6 Å². The molecule has 1 fully saturated rings. The molecule has 1 aliphatic heterocycles. The van der Waals surface area contributed by atoms with Crippen LogP contribution in [0.3, 0.4) is 0 Å². The first-order chi connectivity index (χ1) is 21.2. The Bertz CT molecular complexity index is 2020. The van der Waals surface area contributed by atoms with Gasteiger partial charge >= 0.3 is 0 Å². The third kappa shape index (κ3) is 6.68. The summed E-state index contributed by atoms with van der Waals surface area (Å²) in [7, 11) is 0. The smallest absolute Gasteiger partial charge is 0.283 e. The highest BCUT2D eigenvalue weighted by Crippen LogP contribution is 2.40. The van der Waals surface area contributed by atoms with Gasteiger partial charge in [-0.2, -0.15) is 0 Å². The Morgan fingerprint density at radius 3 is 2.66 bits per heavy atom. The number of amidine groups is 1. The maximum Gasteiger partial charge on any atom is 0.283 e. The number of aryl methyl sites for hydroxylation is 1. The van der Waals surface area contributed by atoms with Crippen molar-refractivity contribution < 1.29 is 14.5 Å². The molecule has 0 atom stereocenters. The minimum Gasteiger partial charge on any atom is -0.322 e. The van der Waals surface area contributed by atoms with Crippen molar-refractivity contribution in [2.24, 2.45) is 4.99 Å². The van der Waals surface area contributed by atoms with E-state index in [1.54, 1.807) is 54.6 Å². The van der Waals surface area contributed by atoms with Crippen LogP contribution in [0.25, 0.3) is 16.3 Å². The number of carbonyl (C=O) groups is 2. The van der Waals surface area contributed by atoms with E-state index < -0.39 is 4.92 Å². The molecule has 44 heavy (non-hydrogen) atoms. The molecule has 1 saturated heterocycles. The number of nitro groups is 1. The van der Waals surface area contributed by atoms with E-state index in [2.05, 4.69) is 20.6 Å². The number of nitrogens with one attached hydrogen (secondary N) is 2. The topological polar surface area (TPSA) is 127 Å². The standard InChI is InChI=1S/C31H20ClN5O4S3/c1-17-4-2-3-5-22(17)28(38)33-21-11-12-23-26(16-21)44-31(35-23)43-25-13-6-18(14-24(25)37(40)41)15-27-29(39)36-30(42-27)34-20-9-7-19(32)8-10-20/h2-16H,1H3,(H,33,38)(H,34,36,39)/b27-15-. The Balaban J connectivity index is 1.19. The molecule has 4 aromatic carbocycles. The molecule has 6 rings (SSSR count). The van der Waals surface area contributed by atoms with Crippen molar-refractivity contribution in [3.05, 3.63) is 122 Å². The van der Waals surface area contributed by atoms with Crippen LogP contribution in [0.5, 0.6) is 0 Å². The predicted octanol–water partition coefficient (Wildman–Crippen LogP) is 8.46. The summed E-state index contributed by atoms with van der Waals surface area (Å²) in [6.45, 7) is 1.88. The van der Waals surface area contributed by atoms with Crippen LogP contribution in [-0.4, -0.2) is 26.9 Å². The monoisotopic (exact) mass is 657 g/mol. The Labute approximate surface area is 268 Å². The lowest BCUT2D eigenvalue weighted by Crippen LogP contribution is -2.19. The Morgan fingerprint density at radius 1 is 1.09 bits per heavy atom. The molecule has 13 heteroatoms. The van der Waals surface area contributed by atoms with E-state index >= 15 is 0 Å². The van der Waals surface area contributed by atoms with Crippen molar-refractivity contribution in [1.82, 2.24) is 10.3 Å². The number of halogens is 1. The fourth-order valence-corrected chi connectivity index (χ4v) is 7.38. The van der Waals surface area contributed by atoms with Crippen molar-refractivity contribution in [2.75, 3.05) is 5.32 Å². The highest BCUT2D eigenvalue weighted by molar-refractivity contribution is 8.18. The largest absolute Gasteiger partial charge is 0.322 e. The number of aliphatic imine (C=N–C) groups is 1. The van der Waals surface area contributed by atoms with E-state index in [1.807, 2.05) is 37.3 Å². The molecule has 218 valence electrons. The molecule has 1 aromatic heterocycles. The first-order valence-electron chi connectivity index (χ1n) is 13.0. The number of anilines is 1. The van der Waals surface area contributed by atoms with Crippen molar-refractivity contribution in [3.63, 3.8) is 0 Å². The molecule has 0 radical (unpaired) electrons. The second-order valence-electron chi connectivity index (χ2n) is 9.48. The summed E-state index contributed by atoms with van der Waals surface area (Å²) in [5.41, 5.74) is 3.86. The van der Waals surface area contributed by atoms with Crippen LogP contribution >= 0.6 is 46.5 Å². The highest BCUT2D eigenvalue weighted by atomic mass is 35.5. The fraction of sp³-hybridized carbons (Fsp3) is 0.0323. The Morgan fingerprint density at radius 2 is 1.89 bits per heavy atom. The number of thiazole rings is 1. The molecule has 9 nitrogen and oxygen atoms in total. The first-order valence-corrected chi connectivity index (χ1v) is 15.8. The van der Waals surface area contributed by atoms with Crippen LogP contribution < -0.4 is 10.6 Å². The number of amides is 2. The molecule has 0 saturated carbocycles. The summed E-state index contributed by atoms with van der Waals surface area (Å²) in [5.74, 6) is -0.543. The summed E-state index contributed by atoms with van der Waals surface area (Å²) in [5, 5.41) is 18.6. The van der Waals surface area contributed by atoms with Gasteiger partial charge in [-0.1, -0.05) is 47.6 Å². The molecule has 5 aromatic rings. The summed E-state index contributed by atoms with van der Waals surface area (Å²) in [6.07, 6.45) is 1.59. The number of fused-ring (bicyclic) bond motifs is 1. The molecule has 1 aliphatic rings. The zero-order chi connectivity index (χ0) is 30.8. The van der Waals surface area contributed by atoms with Crippen molar-refractivity contribution in [2.45, 2.75) is 16.2 Å². The van der Waals surface area contributed by atoms with Crippen LogP contribution in [0.4, 0.5) is 17.1 Å². The lowest BCUT2D eigenvalue weighted by molar-refractivity contribution is -0.387. The van der Waals surface area contributed by atoms with Gasteiger partial charge in [0.25, 0.3) is 17.5 Å². The molecule has 2 amide bonds. The summed E-state index contributed by atoms with van der Waals surface area (Å²) in [4.78, 5) is 46.7. The van der Waals surface area contributed by atoms with Crippen LogP contribution in [0, 0.1) is 17.0 Å². The number of nitrogens with zero attached hydrogens (tertiary/aromatic N) is 3. The fourth-order valence-electron chi connectivity index (χ4n) is 4.26. The van der Waals surface area contributed by atoms with Gasteiger partial charge in [-0.05, 0) is 90.5 Å². The number of hydrogen-bond acceptors (Lipinski definition) is 9. The normalized spacial score (nSPS) is 14.7. The predicted molar refractivity (Wildman–Crippen MR) is 178 cm³/mol. The highest BCUT2D eigenvalue weighted by Gasteiger charge is 2.25. The van der Waals surface area contributed by atoms with Crippen molar-refractivity contribution in [1.29, 1.82) is 0 Å². The number of carbonyl (C=O) groups excluding carboxylic acids is 2. The minimum atomic E-state index is -0.452. The van der Waals surface area contributed by atoms with Crippen LogP contribution in [-0.2, 0) is 4.79 Å². The molecule has 0 aliphatic carbocycles. The third-order valence-corrected chi connectivity index (χ3v) is 9.70. The van der Waals surface area contributed by atoms with Gasteiger partial charge in [0.15, 0.2) is 9.51 Å². The zero-order valence-electron chi connectivity index (χ0n) is 22.7. The number of nitro benzene ring substituents is 1. The lowest BCUT2D eigenvalue weighted by Gasteiger charge is -2.07. The van der Waals surface area contributed by atoms with Gasteiger partial charge < -0.3 is 10.6 Å². The molecule has 0 unspecified atom stereocenters. The summed E-state index contributed by atoms with van der Waals surface area (Å²) < 4.78 is 1.45. The molecule has 0 bridgehead atoms. The molecular formula is C31H20ClN5O4S3. The second kappa shape index (κ2) is 12.6. The zero-order valence-corrected chi connectivity index (χ0v) is 25.9. The van der Waals surface area contributed by atoms with Gasteiger partial charge in [-0.15, -0.1) is 11.3 Å². The number of rotatable bonds is 7. The summed E-state index contributed by atoms with van der Waals surface area (Å²) in [6, 6.07) is 24.5. The minimum absolute atomic E-state index is 0.103. The van der Waals surface area contributed by atoms with E-state index in [0.29, 0.717) is 46.8 Å². The average molecular weight is 658 g/mol. The third-order valence-electron chi connectivity index (χ3n) is 6.40. The van der Waals surface area contributed by atoms with Gasteiger partial charge in [0, 0.05) is 22.3 Å². The quantitative estimate of drug-likeness (QED) is 0.102. The summed E-state index contributed by atoms with van der Waals surface area (Å²) >= 11 is 9.63. The van der Waals surface area contributed by atoms with Crippen LogP contribution in [0.15, 0.2) is 104 Å². The maximum atomic E-state index is 12.7. The van der Waals surface area contributed by atoms with Crippen LogP contribution in [0.2, 0.25) is 5.02 Å². The van der Waals surface area contributed by atoms with Gasteiger partial charge in [-0.25, -0.2) is 9.98 Å². The van der Waals surface area contributed by atoms with Gasteiger partial charge in [-0.3, -0.25) is 19.7 Å². The average Bonchev–Trinajstić information content (AvgIpc) is 3.56. The van der Waals surface area contributed by atoms with E-state index in [-0.39, 0.29) is 17.5 Å². The number of aromatic nitrogens is 1. The van der Waals surface area contributed by atoms with Gasteiger partial charge in [0.1, 0.15) is 0 Å². The SMILES string of the molecule is Cc1ccccc1C(=O)Nc1ccc2nc(Sc3ccc(/C=C4\SC(=Nc5ccc(Cl)cc5)NC4=O)cc3[N+](=O)[O-])sc2c1. The Kier molecular flexibility index (Phi) is 8.49. The number of hydrogen-bond donors (Lipinski definition) is 2. The van der Waals surface area contributed by atoms with E-state index in [9.17, 15) is 19.7 Å². The van der Waals surface area contributed by atoms with E-state index in [0.717, 1.165) is 27.5 Å². The van der Waals surface area contributed by atoms with Crippen LogP contribution in [0.1, 0.15) is 21.5 Å². The van der Waals surface area contributed by atoms with Crippen molar-refractivity contribution >= 4 is 96.8 Å². The number of thioether (sulfide) groups is 1. The number of benzene rings is 4. The van der Waals surface area contributed by atoms with Gasteiger partial charge in [0.2, 0.25) is 0 Å². The van der Waals surface area contributed by atoms with E-state index in [4.69, 9.17) is 11.6 Å². The van der Waals surface area contributed by atoms with Crippen molar-refractivity contribution in [3.8, 4) is 0 Å². The maximum absolute atomic E-state index is 12.7. The lowest BCUT2D eigenvalue weighted by atomic mass is 10.1. The molecule has 2 heterocycles. The van der Waals surface area contributed by atoms with E-state index in [1.165, 1.54) is 29.2 Å². The Hall–Kier alpha value is -4.49. The molecule has 0 spiro atoms.